The van der Waals surface area contributed by atoms with Crippen molar-refractivity contribution in [3.05, 3.63) is 93.3 Å². The number of ether oxygens (including phenoxy) is 2. The van der Waals surface area contributed by atoms with Crippen molar-refractivity contribution in [1.82, 2.24) is 5.32 Å². The van der Waals surface area contributed by atoms with Crippen LogP contribution in [-0.4, -0.2) is 18.2 Å². The number of nitrogens with one attached hydrogen (secondary N) is 1. The van der Waals surface area contributed by atoms with Gasteiger partial charge in [0.05, 0.1) is 17.7 Å². The fraction of sp³-hybridized carbons (Fsp3) is 0.120. The quantitative estimate of drug-likeness (QED) is 0.446. The molecule has 1 fully saturated rings. The van der Waals surface area contributed by atoms with Crippen molar-refractivity contribution in [1.29, 1.82) is 0 Å². The van der Waals surface area contributed by atoms with Crippen molar-refractivity contribution >= 4 is 46.2 Å². The topological polar surface area (TPSA) is 59.9 Å². The van der Waals surface area contributed by atoms with Gasteiger partial charge in [-0.3, -0.25) is 4.79 Å². The van der Waals surface area contributed by atoms with Crippen LogP contribution in [0.2, 0.25) is 5.02 Å². The van der Waals surface area contributed by atoms with Gasteiger partial charge in [-0.2, -0.15) is 0 Å². The first-order chi connectivity index (χ1) is 15.5. The van der Waals surface area contributed by atoms with E-state index in [1.807, 2.05) is 73.7 Å². The zero-order valence-corrected chi connectivity index (χ0v) is 19.2. The number of amides is 1. The number of carbonyl (C=O) groups is 1. The molecular weight excluding hydrogens is 444 g/mol. The second-order valence-electron chi connectivity index (χ2n) is 7.11. The Labute approximate surface area is 196 Å². The minimum absolute atomic E-state index is 0.182. The van der Waals surface area contributed by atoms with Gasteiger partial charge in [-0.1, -0.05) is 53.6 Å². The first-order valence-electron chi connectivity index (χ1n) is 9.92. The number of carbonyl (C=O) groups excluding carboxylic acids is 1. The van der Waals surface area contributed by atoms with Gasteiger partial charge in [-0.15, -0.1) is 0 Å². The average molecular weight is 465 g/mol. The van der Waals surface area contributed by atoms with Gasteiger partial charge in [0.2, 0.25) is 0 Å². The van der Waals surface area contributed by atoms with Crippen LogP contribution in [0.1, 0.15) is 16.7 Å². The third kappa shape index (κ3) is 5.33. The fourth-order valence-electron chi connectivity index (χ4n) is 3.03. The molecule has 4 rings (SSSR count). The Morgan fingerprint density at radius 3 is 2.59 bits per heavy atom. The van der Waals surface area contributed by atoms with E-state index < -0.39 is 0 Å². The van der Waals surface area contributed by atoms with Gasteiger partial charge in [0.1, 0.15) is 6.61 Å². The van der Waals surface area contributed by atoms with Crippen LogP contribution in [0, 0.1) is 6.92 Å². The zero-order chi connectivity index (χ0) is 22.5. The predicted molar refractivity (Wildman–Crippen MR) is 131 cm³/mol. The Morgan fingerprint density at radius 2 is 1.84 bits per heavy atom. The molecule has 7 heteroatoms. The van der Waals surface area contributed by atoms with E-state index in [9.17, 15) is 4.79 Å². The predicted octanol–water partition coefficient (Wildman–Crippen LogP) is 6.13. The van der Waals surface area contributed by atoms with Crippen LogP contribution in [0.25, 0.3) is 6.08 Å². The third-order valence-corrected chi connectivity index (χ3v) is 6.02. The molecule has 1 heterocycles. The van der Waals surface area contributed by atoms with Gasteiger partial charge in [0, 0.05) is 10.6 Å². The van der Waals surface area contributed by atoms with Gasteiger partial charge in [-0.05, 0) is 60.7 Å². The van der Waals surface area contributed by atoms with Gasteiger partial charge in [0.15, 0.2) is 16.7 Å². The van der Waals surface area contributed by atoms with Crippen molar-refractivity contribution in [2.24, 2.45) is 4.99 Å². The number of thioether (sulfide) groups is 1. The molecule has 32 heavy (non-hydrogen) atoms. The Balaban J connectivity index is 1.49. The number of nitrogens with zero attached hydrogens (tertiary/aromatic N) is 1. The maximum Gasteiger partial charge on any atom is 0.264 e. The highest BCUT2D eigenvalue weighted by molar-refractivity contribution is 8.18. The van der Waals surface area contributed by atoms with Crippen molar-refractivity contribution in [3.8, 4) is 11.5 Å². The molecule has 0 bridgehead atoms. The van der Waals surface area contributed by atoms with Crippen molar-refractivity contribution in [2.45, 2.75) is 13.5 Å². The summed E-state index contributed by atoms with van der Waals surface area (Å²) in [6.45, 7) is 2.35. The smallest absolute Gasteiger partial charge is 0.264 e. The summed E-state index contributed by atoms with van der Waals surface area (Å²) in [4.78, 5) is 17.5. The molecule has 3 aromatic rings. The Bertz CT molecular complexity index is 1210. The number of methoxy groups -OCH3 is 1. The third-order valence-electron chi connectivity index (χ3n) is 4.74. The molecule has 0 radical (unpaired) electrons. The highest BCUT2D eigenvalue weighted by Gasteiger charge is 2.24. The lowest BCUT2D eigenvalue weighted by atomic mass is 10.2. The molecule has 0 atom stereocenters. The maximum atomic E-state index is 12.4. The van der Waals surface area contributed by atoms with Crippen molar-refractivity contribution in [3.63, 3.8) is 0 Å². The van der Waals surface area contributed by atoms with Gasteiger partial charge in [-0.25, -0.2) is 4.99 Å². The van der Waals surface area contributed by atoms with E-state index in [-0.39, 0.29) is 5.91 Å². The lowest BCUT2D eigenvalue weighted by Crippen LogP contribution is -2.19. The molecule has 1 aliphatic heterocycles. The molecule has 0 aliphatic carbocycles. The van der Waals surface area contributed by atoms with Crippen molar-refractivity contribution in [2.75, 3.05) is 7.11 Å². The monoisotopic (exact) mass is 464 g/mol. The molecule has 162 valence electrons. The number of hydrogen-bond donors (Lipinski definition) is 1. The Morgan fingerprint density at radius 1 is 1.06 bits per heavy atom. The Hall–Kier alpha value is -3.22. The van der Waals surface area contributed by atoms with Gasteiger partial charge in [0.25, 0.3) is 5.91 Å². The Kier molecular flexibility index (Phi) is 6.83. The lowest BCUT2D eigenvalue weighted by molar-refractivity contribution is -0.115. The molecule has 0 aromatic heterocycles. The van der Waals surface area contributed by atoms with E-state index in [0.717, 1.165) is 22.4 Å². The number of rotatable bonds is 6. The van der Waals surface area contributed by atoms with Crippen LogP contribution in [-0.2, 0) is 11.4 Å². The largest absolute Gasteiger partial charge is 0.493 e. The summed E-state index contributed by atoms with van der Waals surface area (Å²) >= 11 is 7.50. The van der Waals surface area contributed by atoms with E-state index in [1.165, 1.54) is 11.8 Å². The SMILES string of the molecule is COc1cc(C=C2SC(=Nc3ccc(C)cc3)NC2=O)ccc1OCc1ccccc1Cl. The molecule has 1 aliphatic rings. The summed E-state index contributed by atoms with van der Waals surface area (Å²) in [7, 11) is 1.58. The summed E-state index contributed by atoms with van der Waals surface area (Å²) in [5.74, 6) is 0.988. The number of hydrogen-bond acceptors (Lipinski definition) is 5. The van der Waals surface area contributed by atoms with Crippen molar-refractivity contribution < 1.29 is 14.3 Å². The summed E-state index contributed by atoms with van der Waals surface area (Å²) in [5, 5.41) is 4.01. The van der Waals surface area contributed by atoms with Crippen LogP contribution in [0.3, 0.4) is 0 Å². The molecule has 1 saturated heterocycles. The molecule has 0 spiro atoms. The second kappa shape index (κ2) is 9.94. The zero-order valence-electron chi connectivity index (χ0n) is 17.6. The maximum absolute atomic E-state index is 12.4. The summed E-state index contributed by atoms with van der Waals surface area (Å²) < 4.78 is 11.4. The van der Waals surface area contributed by atoms with Crippen LogP contribution < -0.4 is 14.8 Å². The molecular formula is C25H21ClN2O3S. The van der Waals surface area contributed by atoms with E-state index >= 15 is 0 Å². The van der Waals surface area contributed by atoms with E-state index in [4.69, 9.17) is 21.1 Å². The van der Waals surface area contributed by atoms with Crippen LogP contribution >= 0.6 is 23.4 Å². The second-order valence-corrected chi connectivity index (χ2v) is 8.55. The number of halogens is 1. The molecule has 5 nitrogen and oxygen atoms in total. The number of amidine groups is 1. The fourth-order valence-corrected chi connectivity index (χ4v) is 4.06. The van der Waals surface area contributed by atoms with E-state index in [0.29, 0.717) is 33.2 Å². The van der Waals surface area contributed by atoms with Crippen LogP contribution in [0.4, 0.5) is 5.69 Å². The van der Waals surface area contributed by atoms with Crippen LogP contribution in [0.5, 0.6) is 11.5 Å². The minimum Gasteiger partial charge on any atom is -0.493 e. The molecule has 0 saturated carbocycles. The van der Waals surface area contributed by atoms with Gasteiger partial charge >= 0.3 is 0 Å². The number of benzene rings is 3. The summed E-state index contributed by atoms with van der Waals surface area (Å²) in [6, 6.07) is 20.9. The standard InChI is InChI=1S/C25H21ClN2O3S/c1-16-7-10-19(11-8-16)27-25-28-24(29)23(32-25)14-17-9-12-21(22(13-17)30-2)31-15-18-5-3-4-6-20(18)26/h3-14H,15H2,1-2H3,(H,27,28,29). The van der Waals surface area contributed by atoms with E-state index in [2.05, 4.69) is 10.3 Å². The molecule has 0 unspecified atom stereocenters. The first kappa shape index (κ1) is 22.0. The highest BCUT2D eigenvalue weighted by Crippen LogP contribution is 2.33. The summed E-state index contributed by atoms with van der Waals surface area (Å²) in [5.41, 5.74) is 3.66. The highest BCUT2D eigenvalue weighted by atomic mass is 35.5. The number of aryl methyl sites for hydroxylation is 1. The molecule has 1 amide bonds. The molecule has 3 aromatic carbocycles. The van der Waals surface area contributed by atoms with Crippen LogP contribution in [0.15, 0.2) is 76.6 Å². The average Bonchev–Trinajstić information content (AvgIpc) is 3.13. The van der Waals surface area contributed by atoms with Gasteiger partial charge < -0.3 is 14.8 Å². The normalized spacial score (nSPS) is 15.8. The first-order valence-corrected chi connectivity index (χ1v) is 11.1. The summed E-state index contributed by atoms with van der Waals surface area (Å²) in [6.07, 6.45) is 1.80. The molecule has 1 N–H and O–H groups in total. The van der Waals surface area contributed by atoms with E-state index in [1.54, 1.807) is 13.2 Å². The minimum atomic E-state index is -0.182. The number of aliphatic imine (C=N–C) groups is 1. The lowest BCUT2D eigenvalue weighted by Gasteiger charge is -2.12.